The predicted molar refractivity (Wildman–Crippen MR) is 114 cm³/mol. The van der Waals surface area contributed by atoms with Crippen LogP contribution in [0.1, 0.15) is 15.9 Å². The summed E-state index contributed by atoms with van der Waals surface area (Å²) in [6.45, 7) is 0.407. The topological polar surface area (TPSA) is 57.8 Å². The van der Waals surface area contributed by atoms with Gasteiger partial charge in [0.15, 0.2) is 0 Å². The maximum Gasteiger partial charge on any atom is 0.251 e. The van der Waals surface area contributed by atoms with Crippen LogP contribution in [0.15, 0.2) is 60.7 Å². The lowest BCUT2D eigenvalue weighted by atomic mass is 10.1. The monoisotopic (exact) mass is 427 g/mol. The van der Waals surface area contributed by atoms with Gasteiger partial charge in [0, 0.05) is 12.1 Å². The Kier molecular flexibility index (Phi) is 5.51. The Morgan fingerprint density at radius 2 is 1.79 bits per heavy atom. The van der Waals surface area contributed by atoms with E-state index < -0.39 is 0 Å². The molecule has 0 saturated heterocycles. The molecule has 4 rings (SSSR count). The number of hydrogen-bond donors (Lipinski definition) is 2. The first-order valence-electron chi connectivity index (χ1n) is 8.98. The molecule has 1 aromatic heterocycles. The third kappa shape index (κ3) is 4.26. The van der Waals surface area contributed by atoms with E-state index in [1.807, 2.05) is 6.07 Å². The molecule has 0 unspecified atom stereocenters. The van der Waals surface area contributed by atoms with E-state index >= 15 is 0 Å². The van der Waals surface area contributed by atoms with E-state index in [0.717, 1.165) is 5.56 Å². The summed E-state index contributed by atoms with van der Waals surface area (Å²) in [5, 5.41) is 3.84. The van der Waals surface area contributed by atoms with Crippen molar-refractivity contribution < 1.29 is 9.18 Å². The Labute approximate surface area is 176 Å². The van der Waals surface area contributed by atoms with Gasteiger partial charge in [-0.25, -0.2) is 9.37 Å². The van der Waals surface area contributed by atoms with Crippen molar-refractivity contribution in [3.05, 3.63) is 87.7 Å². The number of carbonyl (C=O) groups excluding carboxylic acids is 1. The van der Waals surface area contributed by atoms with Gasteiger partial charge in [-0.2, -0.15) is 0 Å². The lowest BCUT2D eigenvalue weighted by molar-refractivity contribution is 0.0954. The average Bonchev–Trinajstić information content (AvgIpc) is 3.10. The minimum atomic E-state index is -0.284. The van der Waals surface area contributed by atoms with E-state index in [-0.39, 0.29) is 11.7 Å². The first-order chi connectivity index (χ1) is 14.0. The quantitative estimate of drug-likeness (QED) is 0.432. The smallest absolute Gasteiger partial charge is 0.251 e. The van der Waals surface area contributed by atoms with E-state index in [2.05, 4.69) is 15.3 Å². The SMILES string of the molecule is O=C(NCCc1cccc(F)c1)c1ccc2nc(-c3c(Cl)cccc3Cl)[nH]c2c1. The molecule has 0 spiro atoms. The van der Waals surface area contributed by atoms with Crippen LogP contribution in [0.5, 0.6) is 0 Å². The number of halogens is 3. The number of nitrogens with zero attached hydrogens (tertiary/aromatic N) is 1. The molecule has 0 bridgehead atoms. The molecule has 29 heavy (non-hydrogen) atoms. The number of hydrogen-bond acceptors (Lipinski definition) is 2. The van der Waals surface area contributed by atoms with Gasteiger partial charge in [-0.15, -0.1) is 0 Å². The predicted octanol–water partition coefficient (Wildman–Crippen LogP) is 5.65. The van der Waals surface area contributed by atoms with Crippen LogP contribution in [0.4, 0.5) is 4.39 Å². The molecule has 0 saturated carbocycles. The van der Waals surface area contributed by atoms with Crippen molar-refractivity contribution in [3.63, 3.8) is 0 Å². The first kappa shape index (κ1) is 19.4. The van der Waals surface area contributed by atoms with Crippen LogP contribution in [0.3, 0.4) is 0 Å². The highest BCUT2D eigenvalue weighted by Gasteiger charge is 2.14. The van der Waals surface area contributed by atoms with Gasteiger partial charge in [0.25, 0.3) is 5.91 Å². The summed E-state index contributed by atoms with van der Waals surface area (Å²) in [5.74, 6) is 0.0439. The summed E-state index contributed by atoms with van der Waals surface area (Å²) in [6, 6.07) is 16.8. The number of fused-ring (bicyclic) bond motifs is 1. The number of rotatable bonds is 5. The number of amides is 1. The highest BCUT2D eigenvalue weighted by atomic mass is 35.5. The minimum Gasteiger partial charge on any atom is -0.352 e. The molecule has 0 fully saturated rings. The molecule has 0 aliphatic rings. The molecular formula is C22H16Cl2FN3O. The fraction of sp³-hybridized carbons (Fsp3) is 0.0909. The van der Waals surface area contributed by atoms with Crippen LogP contribution < -0.4 is 5.32 Å². The molecule has 4 aromatic rings. The van der Waals surface area contributed by atoms with Gasteiger partial charge in [-0.3, -0.25) is 4.79 Å². The van der Waals surface area contributed by atoms with Crippen molar-refractivity contribution in [3.8, 4) is 11.4 Å². The molecule has 1 amide bonds. The van der Waals surface area contributed by atoms with Crippen molar-refractivity contribution in [2.45, 2.75) is 6.42 Å². The molecule has 0 radical (unpaired) electrons. The third-order valence-corrected chi connectivity index (χ3v) is 5.16. The lowest BCUT2D eigenvalue weighted by Crippen LogP contribution is -2.25. The van der Waals surface area contributed by atoms with E-state index in [0.29, 0.717) is 51.0 Å². The zero-order valence-corrected chi connectivity index (χ0v) is 16.7. The average molecular weight is 428 g/mol. The Morgan fingerprint density at radius 3 is 2.55 bits per heavy atom. The second kappa shape index (κ2) is 8.23. The lowest BCUT2D eigenvalue weighted by Gasteiger charge is -2.05. The van der Waals surface area contributed by atoms with Crippen LogP contribution in [0, 0.1) is 5.82 Å². The maximum absolute atomic E-state index is 13.2. The van der Waals surface area contributed by atoms with Crippen molar-refractivity contribution in [1.82, 2.24) is 15.3 Å². The summed E-state index contributed by atoms with van der Waals surface area (Å²) in [5.41, 5.74) is 3.35. The molecular weight excluding hydrogens is 412 g/mol. The fourth-order valence-corrected chi connectivity index (χ4v) is 3.68. The van der Waals surface area contributed by atoms with Gasteiger partial charge in [0.1, 0.15) is 11.6 Å². The second-order valence-electron chi connectivity index (χ2n) is 6.55. The number of nitrogens with one attached hydrogen (secondary N) is 2. The van der Waals surface area contributed by atoms with Gasteiger partial charge in [0.2, 0.25) is 0 Å². The maximum atomic E-state index is 13.2. The Hall–Kier alpha value is -2.89. The van der Waals surface area contributed by atoms with Crippen molar-refractivity contribution in [1.29, 1.82) is 0 Å². The molecule has 0 aliphatic carbocycles. The number of carbonyl (C=O) groups is 1. The van der Waals surface area contributed by atoms with Gasteiger partial charge in [-0.05, 0) is 54.4 Å². The summed E-state index contributed by atoms with van der Waals surface area (Å²) in [7, 11) is 0. The highest BCUT2D eigenvalue weighted by Crippen LogP contribution is 2.33. The highest BCUT2D eigenvalue weighted by molar-refractivity contribution is 6.39. The first-order valence-corrected chi connectivity index (χ1v) is 9.73. The van der Waals surface area contributed by atoms with Crippen molar-refractivity contribution >= 4 is 40.1 Å². The Bertz CT molecular complexity index is 1190. The van der Waals surface area contributed by atoms with E-state index in [9.17, 15) is 9.18 Å². The number of aromatic nitrogens is 2. The zero-order valence-electron chi connectivity index (χ0n) is 15.2. The molecule has 3 aromatic carbocycles. The van der Waals surface area contributed by atoms with Crippen LogP contribution >= 0.6 is 23.2 Å². The standard InChI is InChI=1S/C22H16Cl2FN3O/c23-16-5-2-6-17(24)20(16)21-27-18-8-7-14(12-19(18)28-21)22(29)26-10-9-13-3-1-4-15(25)11-13/h1-8,11-12H,9-10H2,(H,26,29)(H,27,28). The van der Waals surface area contributed by atoms with E-state index in [1.54, 1.807) is 42.5 Å². The van der Waals surface area contributed by atoms with Crippen molar-refractivity contribution in [2.75, 3.05) is 6.54 Å². The van der Waals surface area contributed by atoms with E-state index in [1.165, 1.54) is 12.1 Å². The molecule has 7 heteroatoms. The van der Waals surface area contributed by atoms with Crippen LogP contribution in [-0.2, 0) is 6.42 Å². The van der Waals surface area contributed by atoms with Gasteiger partial charge in [0.05, 0.1) is 26.6 Å². The number of aromatic amines is 1. The number of H-pyrrole nitrogens is 1. The Morgan fingerprint density at radius 1 is 1.03 bits per heavy atom. The van der Waals surface area contributed by atoms with E-state index in [4.69, 9.17) is 23.2 Å². The molecule has 1 heterocycles. The summed E-state index contributed by atoms with van der Waals surface area (Å²) < 4.78 is 13.2. The normalized spacial score (nSPS) is 11.0. The third-order valence-electron chi connectivity index (χ3n) is 4.53. The molecule has 0 aliphatic heterocycles. The van der Waals surface area contributed by atoms with Gasteiger partial charge in [-0.1, -0.05) is 41.4 Å². The molecule has 2 N–H and O–H groups in total. The summed E-state index contributed by atoms with van der Waals surface area (Å²) >= 11 is 12.5. The largest absolute Gasteiger partial charge is 0.352 e. The molecule has 0 atom stereocenters. The molecule has 4 nitrogen and oxygen atoms in total. The van der Waals surface area contributed by atoms with Crippen LogP contribution in [-0.4, -0.2) is 22.4 Å². The number of benzene rings is 3. The Balaban J connectivity index is 1.50. The van der Waals surface area contributed by atoms with Crippen LogP contribution in [0.25, 0.3) is 22.4 Å². The molecule has 146 valence electrons. The zero-order chi connectivity index (χ0) is 20.4. The fourth-order valence-electron chi connectivity index (χ4n) is 3.11. The second-order valence-corrected chi connectivity index (χ2v) is 7.36. The summed E-state index contributed by atoms with van der Waals surface area (Å²) in [6.07, 6.45) is 0.547. The van der Waals surface area contributed by atoms with Gasteiger partial charge < -0.3 is 10.3 Å². The number of imidazole rings is 1. The van der Waals surface area contributed by atoms with Gasteiger partial charge >= 0.3 is 0 Å². The summed E-state index contributed by atoms with van der Waals surface area (Å²) in [4.78, 5) is 20.2. The minimum absolute atomic E-state index is 0.213. The van der Waals surface area contributed by atoms with Crippen LogP contribution in [0.2, 0.25) is 10.0 Å². The van der Waals surface area contributed by atoms with Crippen molar-refractivity contribution in [2.24, 2.45) is 0 Å².